The van der Waals surface area contributed by atoms with E-state index in [4.69, 9.17) is 9.15 Å². The van der Waals surface area contributed by atoms with E-state index in [1.54, 1.807) is 6.92 Å². The van der Waals surface area contributed by atoms with Crippen LogP contribution in [-0.2, 0) is 0 Å². The number of halogens is 1. The first kappa shape index (κ1) is 9.50. The minimum atomic E-state index is -0.639. The number of hydrogen-bond donors (Lipinski definition) is 0. The van der Waals surface area contributed by atoms with Crippen molar-refractivity contribution in [2.75, 3.05) is 7.11 Å². The van der Waals surface area contributed by atoms with Crippen LogP contribution in [0.25, 0.3) is 11.6 Å². The van der Waals surface area contributed by atoms with E-state index in [0.717, 1.165) is 6.20 Å². The molecule has 0 radical (unpaired) electrons. The highest BCUT2D eigenvalue weighted by molar-refractivity contribution is 5.46. The smallest absolute Gasteiger partial charge is 0.316 e. The molecular weight excluding hydrogens is 203 g/mol. The van der Waals surface area contributed by atoms with Gasteiger partial charge in [0.25, 0.3) is 5.89 Å². The lowest BCUT2D eigenvalue weighted by Gasteiger charge is -1.99. The van der Waals surface area contributed by atoms with E-state index in [0.29, 0.717) is 5.89 Å². The molecule has 2 aromatic heterocycles. The minimum absolute atomic E-state index is 0.00528. The van der Waals surface area contributed by atoms with Crippen LogP contribution in [0.5, 0.6) is 6.01 Å². The van der Waals surface area contributed by atoms with Crippen LogP contribution in [0.3, 0.4) is 0 Å². The van der Waals surface area contributed by atoms with Gasteiger partial charge in [0, 0.05) is 6.92 Å². The molecule has 7 heteroatoms. The standard InChI is InChI=1S/C8H7FN4O2/c1-4-12-13-7(15-4)6-5(9)3-10-8(11-6)14-2/h3H,1-2H3. The minimum Gasteiger partial charge on any atom is -0.467 e. The SMILES string of the molecule is COc1ncc(F)c(-c2nnc(C)o2)n1. The van der Waals surface area contributed by atoms with Crippen molar-refractivity contribution in [2.45, 2.75) is 6.92 Å². The maximum Gasteiger partial charge on any atom is 0.316 e. The van der Waals surface area contributed by atoms with E-state index in [9.17, 15) is 4.39 Å². The molecule has 78 valence electrons. The second kappa shape index (κ2) is 3.60. The van der Waals surface area contributed by atoms with Crippen molar-refractivity contribution >= 4 is 0 Å². The molecule has 0 aliphatic rings. The summed E-state index contributed by atoms with van der Waals surface area (Å²) < 4.78 is 23.1. The van der Waals surface area contributed by atoms with Crippen LogP contribution in [0.4, 0.5) is 4.39 Å². The summed E-state index contributed by atoms with van der Waals surface area (Å²) in [6.45, 7) is 1.60. The number of methoxy groups -OCH3 is 1. The Bertz CT molecular complexity index is 485. The van der Waals surface area contributed by atoms with Gasteiger partial charge in [-0.1, -0.05) is 0 Å². The molecule has 15 heavy (non-hydrogen) atoms. The lowest BCUT2D eigenvalue weighted by atomic mass is 10.4. The molecule has 0 atom stereocenters. The normalized spacial score (nSPS) is 10.3. The molecule has 2 heterocycles. The average Bonchev–Trinajstić information content (AvgIpc) is 2.65. The van der Waals surface area contributed by atoms with E-state index in [2.05, 4.69) is 20.2 Å². The Hall–Kier alpha value is -2.05. The van der Waals surface area contributed by atoms with Crippen molar-refractivity contribution in [3.8, 4) is 17.6 Å². The third-order valence-electron chi connectivity index (χ3n) is 1.63. The van der Waals surface area contributed by atoms with Gasteiger partial charge in [0.1, 0.15) is 0 Å². The quantitative estimate of drug-likeness (QED) is 0.735. The van der Waals surface area contributed by atoms with Crippen LogP contribution in [-0.4, -0.2) is 27.3 Å². The van der Waals surface area contributed by atoms with Gasteiger partial charge in [-0.05, 0) is 0 Å². The Morgan fingerprint density at radius 2 is 2.20 bits per heavy atom. The Morgan fingerprint density at radius 1 is 1.40 bits per heavy atom. The Labute approximate surface area is 84.1 Å². The summed E-state index contributed by atoms with van der Waals surface area (Å²) in [6.07, 6.45) is 0.987. The van der Waals surface area contributed by atoms with Gasteiger partial charge in [-0.3, -0.25) is 0 Å². The van der Waals surface area contributed by atoms with Crippen molar-refractivity contribution in [1.29, 1.82) is 0 Å². The highest BCUT2D eigenvalue weighted by atomic mass is 19.1. The fraction of sp³-hybridized carbons (Fsp3) is 0.250. The van der Waals surface area contributed by atoms with Crippen LogP contribution < -0.4 is 4.74 Å². The molecule has 0 saturated carbocycles. The van der Waals surface area contributed by atoms with Crippen LogP contribution in [0.15, 0.2) is 10.6 Å². The summed E-state index contributed by atoms with van der Waals surface area (Å²) in [6, 6.07) is 0.0438. The number of aromatic nitrogens is 4. The molecule has 0 N–H and O–H groups in total. The molecule has 0 aromatic carbocycles. The fourth-order valence-corrected chi connectivity index (χ4v) is 0.992. The van der Waals surface area contributed by atoms with Crippen LogP contribution in [0, 0.1) is 12.7 Å². The third-order valence-corrected chi connectivity index (χ3v) is 1.63. The molecule has 0 aliphatic carbocycles. The second-order valence-corrected chi connectivity index (χ2v) is 2.68. The number of hydrogen-bond acceptors (Lipinski definition) is 6. The molecule has 6 nitrogen and oxygen atoms in total. The number of nitrogens with zero attached hydrogens (tertiary/aromatic N) is 4. The molecule has 0 saturated heterocycles. The zero-order valence-electron chi connectivity index (χ0n) is 8.06. The van der Waals surface area contributed by atoms with Gasteiger partial charge in [-0.15, -0.1) is 10.2 Å². The van der Waals surface area contributed by atoms with Crippen molar-refractivity contribution in [3.05, 3.63) is 17.9 Å². The van der Waals surface area contributed by atoms with Gasteiger partial charge in [0.2, 0.25) is 5.89 Å². The number of ether oxygens (including phenoxy) is 1. The zero-order chi connectivity index (χ0) is 10.8. The highest BCUT2D eigenvalue weighted by Crippen LogP contribution is 2.19. The average molecular weight is 210 g/mol. The predicted molar refractivity (Wildman–Crippen MR) is 46.6 cm³/mol. The first-order valence-corrected chi connectivity index (χ1v) is 4.07. The highest BCUT2D eigenvalue weighted by Gasteiger charge is 2.15. The maximum atomic E-state index is 13.3. The van der Waals surface area contributed by atoms with E-state index < -0.39 is 5.82 Å². The summed E-state index contributed by atoms with van der Waals surface area (Å²) in [4.78, 5) is 7.36. The van der Waals surface area contributed by atoms with Crippen molar-refractivity contribution in [2.24, 2.45) is 0 Å². The van der Waals surface area contributed by atoms with Gasteiger partial charge < -0.3 is 9.15 Å². The molecule has 0 spiro atoms. The monoisotopic (exact) mass is 210 g/mol. The van der Waals surface area contributed by atoms with Gasteiger partial charge in [0.15, 0.2) is 11.5 Å². The predicted octanol–water partition coefficient (Wildman–Crippen LogP) is 0.983. The lowest BCUT2D eigenvalue weighted by molar-refractivity contribution is 0.376. The summed E-state index contributed by atoms with van der Waals surface area (Å²) in [5.41, 5.74) is -0.0672. The molecule has 0 aliphatic heterocycles. The van der Waals surface area contributed by atoms with Gasteiger partial charge in [0.05, 0.1) is 13.3 Å². The number of aryl methyl sites for hydroxylation is 1. The first-order valence-electron chi connectivity index (χ1n) is 4.07. The van der Waals surface area contributed by atoms with Crippen LogP contribution >= 0.6 is 0 Å². The van der Waals surface area contributed by atoms with Crippen molar-refractivity contribution in [1.82, 2.24) is 20.2 Å². The van der Waals surface area contributed by atoms with Crippen molar-refractivity contribution < 1.29 is 13.5 Å². The maximum absolute atomic E-state index is 13.3. The van der Waals surface area contributed by atoms with Crippen LogP contribution in [0.2, 0.25) is 0 Å². The first-order chi connectivity index (χ1) is 7.20. The van der Waals surface area contributed by atoms with E-state index in [-0.39, 0.29) is 17.6 Å². The zero-order valence-corrected chi connectivity index (χ0v) is 8.06. The topological polar surface area (TPSA) is 73.9 Å². The van der Waals surface area contributed by atoms with Gasteiger partial charge in [-0.2, -0.15) is 4.98 Å². The molecule has 2 aromatic rings. The van der Waals surface area contributed by atoms with E-state index in [1.165, 1.54) is 7.11 Å². The lowest BCUT2D eigenvalue weighted by Crippen LogP contribution is -1.97. The van der Waals surface area contributed by atoms with E-state index in [1.807, 2.05) is 0 Å². The molecule has 2 rings (SSSR count). The summed E-state index contributed by atoms with van der Waals surface area (Å²) in [5.74, 6) is -0.299. The number of rotatable bonds is 2. The summed E-state index contributed by atoms with van der Waals surface area (Å²) >= 11 is 0. The summed E-state index contributed by atoms with van der Waals surface area (Å²) in [5, 5.41) is 7.22. The molecular formula is C8H7FN4O2. The Balaban J connectivity index is 2.51. The summed E-state index contributed by atoms with van der Waals surface area (Å²) in [7, 11) is 1.39. The van der Waals surface area contributed by atoms with Crippen LogP contribution in [0.1, 0.15) is 5.89 Å². The van der Waals surface area contributed by atoms with Gasteiger partial charge >= 0.3 is 6.01 Å². The van der Waals surface area contributed by atoms with Gasteiger partial charge in [-0.25, -0.2) is 9.37 Å². The molecule has 0 bridgehead atoms. The second-order valence-electron chi connectivity index (χ2n) is 2.68. The molecule has 0 amide bonds. The largest absolute Gasteiger partial charge is 0.467 e. The Kier molecular flexibility index (Phi) is 2.28. The molecule has 0 fully saturated rings. The van der Waals surface area contributed by atoms with E-state index >= 15 is 0 Å². The fourth-order valence-electron chi connectivity index (χ4n) is 0.992. The molecule has 0 unspecified atom stereocenters. The van der Waals surface area contributed by atoms with Crippen molar-refractivity contribution in [3.63, 3.8) is 0 Å². The Morgan fingerprint density at radius 3 is 2.80 bits per heavy atom. The third kappa shape index (κ3) is 1.76.